The number of hydrogen-bond acceptors (Lipinski definition) is 3. The zero-order valence-corrected chi connectivity index (χ0v) is 14.4. The van der Waals surface area contributed by atoms with E-state index in [2.05, 4.69) is 5.32 Å². The van der Waals surface area contributed by atoms with Gasteiger partial charge in [-0.25, -0.2) is 0 Å². The molecule has 2 amide bonds. The first-order chi connectivity index (χ1) is 9.60. The van der Waals surface area contributed by atoms with E-state index in [0.29, 0.717) is 13.0 Å². The Morgan fingerprint density at radius 3 is 2.19 bits per heavy atom. The van der Waals surface area contributed by atoms with Gasteiger partial charge in [0.15, 0.2) is 0 Å². The Balaban J connectivity index is 2.95. The van der Waals surface area contributed by atoms with E-state index < -0.39 is 6.04 Å². The van der Waals surface area contributed by atoms with Crippen LogP contribution >= 0.6 is 0 Å². The number of carbonyl (C=O) groups is 2. The van der Waals surface area contributed by atoms with Gasteiger partial charge in [0, 0.05) is 13.7 Å². The molecule has 1 N–H and O–H groups in total. The summed E-state index contributed by atoms with van der Waals surface area (Å²) in [6.45, 7) is 12.4. The minimum atomic E-state index is -0.418. The zero-order valence-electron chi connectivity index (χ0n) is 14.4. The van der Waals surface area contributed by atoms with E-state index in [0.717, 1.165) is 0 Å². The third-order valence-electron chi connectivity index (χ3n) is 4.26. The Morgan fingerprint density at radius 2 is 1.76 bits per heavy atom. The van der Waals surface area contributed by atoms with Gasteiger partial charge in [0.05, 0.1) is 5.60 Å². The third kappa shape index (κ3) is 4.19. The zero-order chi connectivity index (χ0) is 16.4. The Morgan fingerprint density at radius 1 is 1.19 bits per heavy atom. The summed E-state index contributed by atoms with van der Waals surface area (Å²) in [4.78, 5) is 26.8. The average molecular weight is 298 g/mol. The molecule has 0 aliphatic carbocycles. The Hall–Kier alpha value is -1.10. The minimum absolute atomic E-state index is 0.0233. The summed E-state index contributed by atoms with van der Waals surface area (Å²) >= 11 is 0. The van der Waals surface area contributed by atoms with E-state index in [1.807, 2.05) is 41.5 Å². The lowest BCUT2D eigenvalue weighted by Gasteiger charge is -2.43. The van der Waals surface area contributed by atoms with Crippen molar-refractivity contribution >= 4 is 11.8 Å². The molecule has 0 bridgehead atoms. The summed E-state index contributed by atoms with van der Waals surface area (Å²) < 4.78 is 5.42. The van der Waals surface area contributed by atoms with Crippen LogP contribution in [-0.4, -0.2) is 48.1 Å². The van der Waals surface area contributed by atoms with Crippen LogP contribution < -0.4 is 5.32 Å². The summed E-state index contributed by atoms with van der Waals surface area (Å²) in [5.41, 5.74) is -0.303. The van der Waals surface area contributed by atoms with E-state index in [-0.39, 0.29) is 35.3 Å². The van der Waals surface area contributed by atoms with Crippen molar-refractivity contribution in [1.82, 2.24) is 10.2 Å². The van der Waals surface area contributed by atoms with Gasteiger partial charge >= 0.3 is 0 Å². The van der Waals surface area contributed by atoms with Crippen LogP contribution in [0.3, 0.4) is 0 Å². The molecule has 5 nitrogen and oxygen atoms in total. The first-order valence-electron chi connectivity index (χ1n) is 7.76. The van der Waals surface area contributed by atoms with E-state index in [4.69, 9.17) is 4.74 Å². The van der Waals surface area contributed by atoms with Gasteiger partial charge in [-0.1, -0.05) is 27.7 Å². The normalized spacial score (nSPS) is 24.0. The second-order valence-electron chi connectivity index (χ2n) is 7.16. The molecule has 0 saturated carbocycles. The molecular weight excluding hydrogens is 268 g/mol. The molecule has 1 aliphatic rings. The van der Waals surface area contributed by atoms with Gasteiger partial charge in [-0.15, -0.1) is 0 Å². The number of carbonyl (C=O) groups excluding carboxylic acids is 2. The lowest BCUT2D eigenvalue weighted by Crippen LogP contribution is -2.66. The number of methoxy groups -OCH3 is 1. The third-order valence-corrected chi connectivity index (χ3v) is 4.26. The fraction of sp³-hybridized carbons (Fsp3) is 0.875. The van der Waals surface area contributed by atoms with E-state index in [1.165, 1.54) is 0 Å². The molecule has 0 aromatic rings. The number of ether oxygens (including phenoxy) is 1. The quantitative estimate of drug-likeness (QED) is 0.813. The molecule has 2 unspecified atom stereocenters. The van der Waals surface area contributed by atoms with E-state index in [9.17, 15) is 9.59 Å². The molecule has 1 aliphatic heterocycles. The Kier molecular flexibility index (Phi) is 5.79. The van der Waals surface area contributed by atoms with Crippen LogP contribution in [0.2, 0.25) is 0 Å². The number of nitrogens with one attached hydrogen (secondary N) is 1. The predicted molar refractivity (Wildman–Crippen MR) is 82.8 cm³/mol. The SMILES string of the molecule is COC(C)(C)CCN1C(=O)C(C(C)C)NC(=O)C1C(C)C. The topological polar surface area (TPSA) is 58.6 Å². The van der Waals surface area contributed by atoms with E-state index in [1.54, 1.807) is 12.0 Å². The molecule has 1 fully saturated rings. The van der Waals surface area contributed by atoms with Gasteiger partial charge in [-0.2, -0.15) is 0 Å². The maximum absolute atomic E-state index is 12.7. The van der Waals surface area contributed by atoms with Crippen LogP contribution in [0.15, 0.2) is 0 Å². The van der Waals surface area contributed by atoms with Gasteiger partial charge in [-0.3, -0.25) is 9.59 Å². The predicted octanol–water partition coefficient (Wildman–Crippen LogP) is 1.81. The fourth-order valence-corrected chi connectivity index (χ4v) is 2.61. The maximum Gasteiger partial charge on any atom is 0.246 e. The maximum atomic E-state index is 12.7. The first kappa shape index (κ1) is 18.0. The Bertz CT molecular complexity index is 391. The number of hydrogen-bond donors (Lipinski definition) is 1. The van der Waals surface area contributed by atoms with Crippen molar-refractivity contribution in [2.45, 2.75) is 65.6 Å². The van der Waals surface area contributed by atoms with Crippen LogP contribution in [0.5, 0.6) is 0 Å². The number of nitrogens with zero attached hydrogens (tertiary/aromatic N) is 1. The molecular formula is C16H30N2O3. The molecule has 1 heterocycles. The number of piperazine rings is 1. The van der Waals surface area contributed by atoms with Crippen LogP contribution in [0.4, 0.5) is 0 Å². The smallest absolute Gasteiger partial charge is 0.246 e. The van der Waals surface area contributed by atoms with Gasteiger partial charge in [-0.05, 0) is 32.1 Å². The second-order valence-corrected chi connectivity index (χ2v) is 7.16. The first-order valence-corrected chi connectivity index (χ1v) is 7.76. The van der Waals surface area contributed by atoms with Crippen molar-refractivity contribution in [3.05, 3.63) is 0 Å². The molecule has 5 heteroatoms. The standard InChI is InChI=1S/C16H30N2O3/c1-10(2)12-15(20)18(9-8-16(5,6)21-7)13(11(3)4)14(19)17-12/h10-13H,8-9H2,1-7H3,(H,17,19). The van der Waals surface area contributed by atoms with Crippen molar-refractivity contribution in [2.75, 3.05) is 13.7 Å². The lowest BCUT2D eigenvalue weighted by atomic mass is 9.92. The van der Waals surface area contributed by atoms with Crippen LogP contribution in [0, 0.1) is 11.8 Å². The summed E-state index contributed by atoms with van der Waals surface area (Å²) in [5.74, 6) is 0.161. The van der Waals surface area contributed by atoms with Gasteiger partial charge in [0.1, 0.15) is 12.1 Å². The molecule has 0 radical (unpaired) electrons. The van der Waals surface area contributed by atoms with Crippen molar-refractivity contribution in [3.63, 3.8) is 0 Å². The molecule has 1 rings (SSSR count). The molecule has 1 saturated heterocycles. The highest BCUT2D eigenvalue weighted by Gasteiger charge is 2.43. The van der Waals surface area contributed by atoms with Crippen molar-refractivity contribution in [3.8, 4) is 0 Å². The highest BCUT2D eigenvalue weighted by Crippen LogP contribution is 2.23. The summed E-state index contributed by atoms with van der Waals surface area (Å²) in [5, 5.41) is 2.88. The van der Waals surface area contributed by atoms with Gasteiger partial charge < -0.3 is 15.0 Å². The number of rotatable bonds is 6. The monoisotopic (exact) mass is 298 g/mol. The lowest BCUT2D eigenvalue weighted by molar-refractivity contribution is -0.153. The molecule has 0 aromatic heterocycles. The second kappa shape index (κ2) is 6.77. The van der Waals surface area contributed by atoms with Crippen molar-refractivity contribution < 1.29 is 14.3 Å². The fourth-order valence-electron chi connectivity index (χ4n) is 2.61. The summed E-state index contributed by atoms with van der Waals surface area (Å²) in [7, 11) is 1.67. The largest absolute Gasteiger partial charge is 0.379 e. The van der Waals surface area contributed by atoms with Crippen molar-refractivity contribution in [1.29, 1.82) is 0 Å². The molecule has 0 aromatic carbocycles. The van der Waals surface area contributed by atoms with Gasteiger partial charge in [0.2, 0.25) is 11.8 Å². The minimum Gasteiger partial charge on any atom is -0.379 e. The average Bonchev–Trinajstić information content (AvgIpc) is 2.38. The van der Waals surface area contributed by atoms with Gasteiger partial charge in [0.25, 0.3) is 0 Å². The molecule has 122 valence electrons. The van der Waals surface area contributed by atoms with Crippen LogP contribution in [0.1, 0.15) is 48.0 Å². The number of amides is 2. The molecule has 2 atom stereocenters. The summed E-state index contributed by atoms with van der Waals surface area (Å²) in [6.07, 6.45) is 0.705. The Labute approximate surface area is 128 Å². The van der Waals surface area contributed by atoms with Crippen LogP contribution in [-0.2, 0) is 14.3 Å². The molecule has 0 spiro atoms. The van der Waals surface area contributed by atoms with E-state index >= 15 is 0 Å². The highest BCUT2D eigenvalue weighted by molar-refractivity contribution is 5.97. The summed E-state index contributed by atoms with van der Waals surface area (Å²) in [6, 6.07) is -0.807. The highest BCUT2D eigenvalue weighted by atomic mass is 16.5. The van der Waals surface area contributed by atoms with Crippen LogP contribution in [0.25, 0.3) is 0 Å². The molecule has 21 heavy (non-hydrogen) atoms. The van der Waals surface area contributed by atoms with Crippen molar-refractivity contribution in [2.24, 2.45) is 11.8 Å².